The van der Waals surface area contributed by atoms with Crippen molar-refractivity contribution in [3.05, 3.63) is 29.7 Å². The van der Waals surface area contributed by atoms with Gasteiger partial charge in [0.2, 0.25) is 0 Å². The third-order valence-corrected chi connectivity index (χ3v) is 2.26. The summed E-state index contributed by atoms with van der Waals surface area (Å²) in [5.41, 5.74) is 3.12. The van der Waals surface area contributed by atoms with E-state index in [9.17, 15) is 0 Å². The van der Waals surface area contributed by atoms with Crippen LogP contribution in [0.25, 0.3) is 0 Å². The summed E-state index contributed by atoms with van der Waals surface area (Å²) >= 11 is 0. The molecule has 0 N–H and O–H groups in total. The van der Waals surface area contributed by atoms with Crippen LogP contribution in [0.15, 0.2) is 23.3 Å². The van der Waals surface area contributed by atoms with Gasteiger partial charge < -0.3 is 0 Å². The summed E-state index contributed by atoms with van der Waals surface area (Å²) in [4.78, 5) is 0. The van der Waals surface area contributed by atoms with E-state index in [1.54, 1.807) is 11.1 Å². The zero-order valence-corrected chi connectivity index (χ0v) is 9.30. The van der Waals surface area contributed by atoms with Crippen LogP contribution < -0.4 is 0 Å². The first kappa shape index (κ1) is 10.6. The Bertz CT molecular complexity index is 216. The van der Waals surface area contributed by atoms with Crippen LogP contribution in [0.1, 0.15) is 40.5 Å². The Kier molecular flexibility index (Phi) is 3.77. The normalized spacial score (nSPS) is 16.8. The van der Waals surface area contributed by atoms with Crippen LogP contribution in [0, 0.1) is 18.3 Å². The van der Waals surface area contributed by atoms with Crippen LogP contribution in [-0.2, 0) is 0 Å². The summed E-state index contributed by atoms with van der Waals surface area (Å²) in [5.74, 6) is 1.54. The molecule has 0 unspecified atom stereocenters. The molecule has 0 saturated carbocycles. The SMILES string of the molecule is CC(C)CC1=C(CC(C)C)C=C[CH]1. The predicted molar refractivity (Wildman–Crippen MR) is 59.4 cm³/mol. The van der Waals surface area contributed by atoms with E-state index in [4.69, 9.17) is 0 Å². The minimum absolute atomic E-state index is 0.772. The van der Waals surface area contributed by atoms with Gasteiger partial charge in [0.05, 0.1) is 0 Å². The van der Waals surface area contributed by atoms with Crippen molar-refractivity contribution >= 4 is 0 Å². The van der Waals surface area contributed by atoms with Gasteiger partial charge in [-0.25, -0.2) is 0 Å². The Labute approximate surface area is 82.7 Å². The number of hydrogen-bond donors (Lipinski definition) is 0. The van der Waals surface area contributed by atoms with Crippen molar-refractivity contribution in [2.45, 2.75) is 40.5 Å². The number of rotatable bonds is 4. The van der Waals surface area contributed by atoms with Crippen LogP contribution in [0.4, 0.5) is 0 Å². The van der Waals surface area contributed by atoms with Gasteiger partial charge in [0.15, 0.2) is 0 Å². The highest BCUT2D eigenvalue weighted by atomic mass is 14.2. The summed E-state index contributed by atoms with van der Waals surface area (Å²) < 4.78 is 0. The molecule has 0 heterocycles. The topological polar surface area (TPSA) is 0 Å². The maximum absolute atomic E-state index is 2.28. The van der Waals surface area contributed by atoms with Gasteiger partial charge in [0.25, 0.3) is 0 Å². The lowest BCUT2D eigenvalue weighted by molar-refractivity contribution is 0.621. The van der Waals surface area contributed by atoms with Crippen molar-refractivity contribution in [2.24, 2.45) is 11.8 Å². The van der Waals surface area contributed by atoms with E-state index in [2.05, 4.69) is 46.3 Å². The first-order valence-corrected chi connectivity index (χ1v) is 5.33. The van der Waals surface area contributed by atoms with Crippen LogP contribution in [0.3, 0.4) is 0 Å². The predicted octanol–water partition coefficient (Wildman–Crippen LogP) is 4.15. The molecule has 0 aromatic rings. The second-order valence-electron chi connectivity index (χ2n) is 4.77. The van der Waals surface area contributed by atoms with Crippen molar-refractivity contribution in [3.8, 4) is 0 Å². The highest BCUT2D eigenvalue weighted by Gasteiger charge is 2.11. The van der Waals surface area contributed by atoms with Gasteiger partial charge in [-0.2, -0.15) is 0 Å². The molecule has 1 rings (SSSR count). The van der Waals surface area contributed by atoms with Gasteiger partial charge >= 0.3 is 0 Å². The quantitative estimate of drug-likeness (QED) is 0.605. The summed E-state index contributed by atoms with van der Waals surface area (Å²) in [7, 11) is 0. The zero-order chi connectivity index (χ0) is 9.84. The average molecular weight is 177 g/mol. The maximum Gasteiger partial charge on any atom is 0.00865 e. The van der Waals surface area contributed by atoms with Crippen molar-refractivity contribution in [3.63, 3.8) is 0 Å². The van der Waals surface area contributed by atoms with Gasteiger partial charge in [-0.3, -0.25) is 0 Å². The highest BCUT2D eigenvalue weighted by Crippen LogP contribution is 2.28. The molecular weight excluding hydrogens is 156 g/mol. The van der Waals surface area contributed by atoms with Crippen molar-refractivity contribution < 1.29 is 0 Å². The average Bonchev–Trinajstić information content (AvgIpc) is 2.34. The van der Waals surface area contributed by atoms with Gasteiger partial charge in [-0.05, 0) is 30.3 Å². The molecule has 0 fully saturated rings. The molecule has 0 saturated heterocycles. The second-order valence-corrected chi connectivity index (χ2v) is 4.77. The Morgan fingerprint density at radius 3 is 2.00 bits per heavy atom. The maximum atomic E-state index is 2.28. The fraction of sp³-hybridized carbons (Fsp3) is 0.615. The summed E-state index contributed by atoms with van der Waals surface area (Å²) in [6.07, 6.45) is 9.20. The molecule has 0 atom stereocenters. The molecule has 1 aliphatic rings. The largest absolute Gasteiger partial charge is 0.0761 e. The lowest BCUT2D eigenvalue weighted by Gasteiger charge is -2.11. The Balaban J connectivity index is 2.59. The Morgan fingerprint density at radius 1 is 0.923 bits per heavy atom. The van der Waals surface area contributed by atoms with Gasteiger partial charge in [0.1, 0.15) is 0 Å². The van der Waals surface area contributed by atoms with E-state index < -0.39 is 0 Å². The monoisotopic (exact) mass is 177 g/mol. The third-order valence-electron chi connectivity index (χ3n) is 2.26. The van der Waals surface area contributed by atoms with Crippen molar-refractivity contribution in [1.29, 1.82) is 0 Å². The molecule has 1 radical (unpaired) electrons. The zero-order valence-electron chi connectivity index (χ0n) is 9.30. The van der Waals surface area contributed by atoms with E-state index >= 15 is 0 Å². The lowest BCUT2D eigenvalue weighted by atomic mass is 9.95. The van der Waals surface area contributed by atoms with Crippen LogP contribution in [0.5, 0.6) is 0 Å². The lowest BCUT2D eigenvalue weighted by Crippen LogP contribution is -1.95. The molecule has 0 aliphatic heterocycles. The fourth-order valence-corrected chi connectivity index (χ4v) is 1.77. The van der Waals surface area contributed by atoms with E-state index in [-0.39, 0.29) is 0 Å². The summed E-state index contributed by atoms with van der Waals surface area (Å²) in [6.45, 7) is 9.14. The standard InChI is InChI=1S/C13H21/c1-10(2)8-12-6-5-7-13(12)9-11(3)4/h5-7,10-11H,8-9H2,1-4H3. The van der Waals surface area contributed by atoms with Crippen molar-refractivity contribution in [1.82, 2.24) is 0 Å². The molecule has 0 spiro atoms. The molecule has 0 amide bonds. The third kappa shape index (κ3) is 3.38. The van der Waals surface area contributed by atoms with Crippen LogP contribution in [0.2, 0.25) is 0 Å². The van der Waals surface area contributed by atoms with E-state index in [1.807, 2.05) is 0 Å². The van der Waals surface area contributed by atoms with E-state index in [0.717, 1.165) is 11.8 Å². The molecule has 0 bridgehead atoms. The second kappa shape index (κ2) is 4.64. The summed E-state index contributed by atoms with van der Waals surface area (Å²) in [6, 6.07) is 0. The Hall–Kier alpha value is -0.520. The smallest absolute Gasteiger partial charge is 0.00865 e. The van der Waals surface area contributed by atoms with Gasteiger partial charge in [-0.1, -0.05) is 45.4 Å². The summed E-state index contributed by atoms with van der Waals surface area (Å²) in [5, 5.41) is 0. The molecule has 0 heteroatoms. The fourth-order valence-electron chi connectivity index (χ4n) is 1.77. The number of allylic oxidation sites excluding steroid dienone is 4. The van der Waals surface area contributed by atoms with Crippen LogP contribution >= 0.6 is 0 Å². The first-order chi connectivity index (χ1) is 6.09. The molecule has 0 aromatic heterocycles. The molecule has 73 valence electrons. The molecule has 0 nitrogen and oxygen atoms in total. The highest BCUT2D eigenvalue weighted by molar-refractivity contribution is 5.42. The van der Waals surface area contributed by atoms with E-state index in [1.165, 1.54) is 12.8 Å². The molecule has 1 aliphatic carbocycles. The molecule has 13 heavy (non-hydrogen) atoms. The molecular formula is C13H21. The minimum atomic E-state index is 0.772. The van der Waals surface area contributed by atoms with E-state index in [0.29, 0.717) is 0 Å². The van der Waals surface area contributed by atoms with Gasteiger partial charge in [-0.15, -0.1) is 0 Å². The minimum Gasteiger partial charge on any atom is -0.0761 e. The van der Waals surface area contributed by atoms with Crippen LogP contribution in [-0.4, -0.2) is 0 Å². The number of hydrogen-bond acceptors (Lipinski definition) is 0. The first-order valence-electron chi connectivity index (χ1n) is 5.33. The van der Waals surface area contributed by atoms with Crippen molar-refractivity contribution in [2.75, 3.05) is 0 Å². The Morgan fingerprint density at radius 2 is 1.46 bits per heavy atom. The van der Waals surface area contributed by atoms with Gasteiger partial charge in [0, 0.05) is 6.42 Å². The molecule has 0 aromatic carbocycles.